The Labute approximate surface area is 99.5 Å². The summed E-state index contributed by atoms with van der Waals surface area (Å²) in [4.78, 5) is 0. The predicted molar refractivity (Wildman–Crippen MR) is 67.9 cm³/mol. The second-order valence-electron chi connectivity index (χ2n) is 6.54. The third-order valence-electron chi connectivity index (χ3n) is 5.50. The van der Waals surface area contributed by atoms with E-state index < -0.39 is 0 Å². The molecule has 4 bridgehead atoms. The minimum Gasteiger partial charge on any atom is -0.327 e. The Kier molecular flexibility index (Phi) is 2.83. The first-order valence-corrected chi connectivity index (χ1v) is 7.14. The number of rotatable bonds is 4. The molecule has 4 fully saturated rings. The van der Waals surface area contributed by atoms with Crippen molar-refractivity contribution in [2.45, 2.75) is 51.0 Å². The van der Waals surface area contributed by atoms with E-state index in [2.05, 4.69) is 6.58 Å². The van der Waals surface area contributed by atoms with Gasteiger partial charge in [0.25, 0.3) is 0 Å². The number of hydrogen-bond acceptors (Lipinski definition) is 1. The van der Waals surface area contributed by atoms with E-state index in [1.807, 2.05) is 6.08 Å². The summed E-state index contributed by atoms with van der Waals surface area (Å²) < 4.78 is 0. The summed E-state index contributed by atoms with van der Waals surface area (Å²) in [5.74, 6) is 4.97. The van der Waals surface area contributed by atoms with Crippen LogP contribution in [0.2, 0.25) is 0 Å². The molecule has 2 N–H and O–H groups in total. The van der Waals surface area contributed by atoms with E-state index in [1.54, 1.807) is 6.42 Å². The Morgan fingerprint density at radius 2 is 1.62 bits per heavy atom. The fourth-order valence-corrected chi connectivity index (χ4v) is 5.17. The first-order valence-electron chi connectivity index (χ1n) is 7.14. The summed E-state index contributed by atoms with van der Waals surface area (Å²) in [6.45, 7) is 3.81. The van der Waals surface area contributed by atoms with Crippen LogP contribution in [0, 0.1) is 29.6 Å². The van der Waals surface area contributed by atoms with Crippen LogP contribution in [-0.2, 0) is 0 Å². The van der Waals surface area contributed by atoms with Gasteiger partial charge in [-0.25, -0.2) is 0 Å². The van der Waals surface area contributed by atoms with Crippen LogP contribution in [0.15, 0.2) is 12.7 Å². The molecule has 1 atom stereocenters. The minimum atomic E-state index is 0.452. The second kappa shape index (κ2) is 4.18. The lowest BCUT2D eigenvalue weighted by atomic mass is 9.50. The van der Waals surface area contributed by atoms with E-state index in [0.717, 1.165) is 42.4 Å². The third-order valence-corrected chi connectivity index (χ3v) is 5.50. The summed E-state index contributed by atoms with van der Waals surface area (Å²) >= 11 is 0. The lowest BCUT2D eigenvalue weighted by Gasteiger charge is -2.56. The normalized spacial score (nSPS) is 46.9. The van der Waals surface area contributed by atoms with Crippen molar-refractivity contribution in [1.29, 1.82) is 0 Å². The van der Waals surface area contributed by atoms with Crippen LogP contribution < -0.4 is 5.73 Å². The smallest absolute Gasteiger partial charge is 0.00754 e. The topological polar surface area (TPSA) is 26.0 Å². The lowest BCUT2D eigenvalue weighted by molar-refractivity contribution is -0.0474. The third kappa shape index (κ3) is 1.73. The highest BCUT2D eigenvalue weighted by Gasteiger charge is 2.49. The monoisotopic (exact) mass is 219 g/mol. The van der Waals surface area contributed by atoms with Crippen molar-refractivity contribution < 1.29 is 0 Å². The zero-order valence-electron chi connectivity index (χ0n) is 10.3. The summed E-state index contributed by atoms with van der Waals surface area (Å²) in [5.41, 5.74) is 6.44. The van der Waals surface area contributed by atoms with Crippen LogP contribution in [0.4, 0.5) is 0 Å². The summed E-state index contributed by atoms with van der Waals surface area (Å²) in [6.07, 6.45) is 11.8. The molecule has 0 aromatic heterocycles. The molecule has 0 saturated heterocycles. The molecule has 90 valence electrons. The van der Waals surface area contributed by atoms with Gasteiger partial charge in [-0.2, -0.15) is 0 Å². The largest absolute Gasteiger partial charge is 0.327 e. The fraction of sp³-hybridized carbons (Fsp3) is 0.867. The molecular weight excluding hydrogens is 194 g/mol. The molecule has 0 aromatic carbocycles. The molecule has 0 aliphatic heterocycles. The van der Waals surface area contributed by atoms with Crippen molar-refractivity contribution in [3.8, 4) is 0 Å². The highest BCUT2D eigenvalue weighted by atomic mass is 14.7. The van der Waals surface area contributed by atoms with E-state index in [0.29, 0.717) is 6.04 Å². The molecule has 4 aliphatic carbocycles. The lowest BCUT2D eigenvalue weighted by Crippen LogP contribution is -2.51. The van der Waals surface area contributed by atoms with Crippen LogP contribution in [0.3, 0.4) is 0 Å². The molecule has 1 nitrogen and oxygen atoms in total. The molecule has 1 heteroatoms. The summed E-state index contributed by atoms with van der Waals surface area (Å²) in [6, 6.07) is 0.452. The van der Waals surface area contributed by atoms with Gasteiger partial charge < -0.3 is 5.73 Å². The van der Waals surface area contributed by atoms with Crippen molar-refractivity contribution in [1.82, 2.24) is 0 Å². The van der Waals surface area contributed by atoms with Crippen LogP contribution in [0.1, 0.15) is 44.9 Å². The molecule has 0 heterocycles. The van der Waals surface area contributed by atoms with E-state index in [4.69, 9.17) is 5.73 Å². The Morgan fingerprint density at radius 1 is 1.06 bits per heavy atom. The Balaban J connectivity index is 1.69. The Hall–Kier alpha value is -0.300. The van der Waals surface area contributed by atoms with Gasteiger partial charge in [-0.1, -0.05) is 6.08 Å². The fourth-order valence-electron chi connectivity index (χ4n) is 5.17. The maximum Gasteiger partial charge on any atom is 0.00754 e. The molecule has 0 aromatic rings. The maximum absolute atomic E-state index is 6.44. The molecule has 0 radical (unpaired) electrons. The number of hydrogen-bond donors (Lipinski definition) is 1. The van der Waals surface area contributed by atoms with Crippen molar-refractivity contribution in [2.75, 3.05) is 0 Å². The zero-order chi connectivity index (χ0) is 11.1. The molecule has 0 amide bonds. The Bertz CT molecular complexity index is 243. The first kappa shape index (κ1) is 10.8. The van der Waals surface area contributed by atoms with Crippen molar-refractivity contribution in [2.24, 2.45) is 35.3 Å². The van der Waals surface area contributed by atoms with E-state index in [9.17, 15) is 0 Å². The average Bonchev–Trinajstić information content (AvgIpc) is 2.24. The highest BCUT2D eigenvalue weighted by Crippen LogP contribution is 2.57. The van der Waals surface area contributed by atoms with Crippen LogP contribution in [0.25, 0.3) is 0 Å². The predicted octanol–water partition coefficient (Wildman–Crippen LogP) is 3.35. The summed E-state index contributed by atoms with van der Waals surface area (Å²) in [7, 11) is 0. The van der Waals surface area contributed by atoms with Crippen molar-refractivity contribution >= 4 is 0 Å². The standard InChI is InChI=1S/C15H25N/c1-2-3-4-14(16)15-12-6-10-5-11(8-12)9-13(15)7-10/h2,10-15H,1,3-9,16H2. The van der Waals surface area contributed by atoms with Gasteiger partial charge in [0.15, 0.2) is 0 Å². The number of nitrogens with two attached hydrogens (primary N) is 1. The van der Waals surface area contributed by atoms with Gasteiger partial charge in [-0.15, -0.1) is 6.58 Å². The molecule has 4 aliphatic rings. The molecular formula is C15H25N. The average molecular weight is 219 g/mol. The molecule has 4 rings (SSSR count). The van der Waals surface area contributed by atoms with Crippen LogP contribution >= 0.6 is 0 Å². The molecule has 16 heavy (non-hydrogen) atoms. The quantitative estimate of drug-likeness (QED) is 0.721. The van der Waals surface area contributed by atoms with Crippen LogP contribution in [0.5, 0.6) is 0 Å². The van der Waals surface area contributed by atoms with Gasteiger partial charge in [-0.3, -0.25) is 0 Å². The van der Waals surface area contributed by atoms with Crippen molar-refractivity contribution in [3.05, 3.63) is 12.7 Å². The second-order valence-corrected chi connectivity index (χ2v) is 6.54. The zero-order valence-corrected chi connectivity index (χ0v) is 10.3. The number of allylic oxidation sites excluding steroid dienone is 1. The van der Waals surface area contributed by atoms with Gasteiger partial charge in [0.1, 0.15) is 0 Å². The van der Waals surface area contributed by atoms with Gasteiger partial charge >= 0.3 is 0 Å². The SMILES string of the molecule is C=CCCC(N)C1C2CC3CC(C2)CC1C3. The van der Waals surface area contributed by atoms with Gasteiger partial charge in [0.2, 0.25) is 0 Å². The molecule has 4 saturated carbocycles. The van der Waals surface area contributed by atoms with E-state index >= 15 is 0 Å². The van der Waals surface area contributed by atoms with Gasteiger partial charge in [0.05, 0.1) is 0 Å². The van der Waals surface area contributed by atoms with E-state index in [1.165, 1.54) is 25.7 Å². The first-order chi connectivity index (χ1) is 7.78. The summed E-state index contributed by atoms with van der Waals surface area (Å²) in [5, 5.41) is 0. The molecule has 0 spiro atoms. The molecule has 1 unspecified atom stereocenters. The van der Waals surface area contributed by atoms with Gasteiger partial charge in [0, 0.05) is 6.04 Å². The van der Waals surface area contributed by atoms with Crippen LogP contribution in [-0.4, -0.2) is 6.04 Å². The highest BCUT2D eigenvalue weighted by molar-refractivity contribution is 5.01. The van der Waals surface area contributed by atoms with Gasteiger partial charge in [-0.05, 0) is 74.5 Å². The Morgan fingerprint density at radius 3 is 2.12 bits per heavy atom. The maximum atomic E-state index is 6.44. The van der Waals surface area contributed by atoms with Crippen molar-refractivity contribution in [3.63, 3.8) is 0 Å². The van der Waals surface area contributed by atoms with E-state index in [-0.39, 0.29) is 0 Å². The minimum absolute atomic E-state index is 0.452.